The number of nitrogens with one attached hydrogen (secondary N) is 2. The Kier molecular flexibility index (Phi) is 3.31. The lowest BCUT2D eigenvalue weighted by Crippen LogP contribution is -2.38. The zero-order valence-electron chi connectivity index (χ0n) is 11.5. The minimum absolute atomic E-state index is 0.158. The average Bonchev–Trinajstić information content (AvgIpc) is 2.74. The number of carbonyl (C=O) groups is 1. The number of piperidine rings is 1. The van der Waals surface area contributed by atoms with Gasteiger partial charge in [-0.15, -0.1) is 0 Å². The van der Waals surface area contributed by atoms with Crippen LogP contribution in [0.3, 0.4) is 0 Å². The summed E-state index contributed by atoms with van der Waals surface area (Å²) >= 11 is 0. The van der Waals surface area contributed by atoms with Gasteiger partial charge in [0.1, 0.15) is 0 Å². The maximum Gasteiger partial charge on any atom is 0.220 e. The first-order chi connectivity index (χ1) is 9.25. The summed E-state index contributed by atoms with van der Waals surface area (Å²) in [6, 6.07) is 8.75. The van der Waals surface area contributed by atoms with Gasteiger partial charge in [0.05, 0.1) is 0 Å². The van der Waals surface area contributed by atoms with E-state index >= 15 is 0 Å². The standard InChI is InChI=1S/C16H22N2O/c1-17-15(19)10-12-11-16(6-8-18-9-7-16)14-5-3-2-4-13(12)14/h2-5,12,18H,6-11H2,1H3,(H,17,19)/t12-/m0/s1. The minimum atomic E-state index is 0.158. The highest BCUT2D eigenvalue weighted by molar-refractivity contribution is 5.77. The van der Waals surface area contributed by atoms with Gasteiger partial charge in [-0.1, -0.05) is 24.3 Å². The summed E-state index contributed by atoms with van der Waals surface area (Å²) in [7, 11) is 1.73. The molecule has 0 bridgehead atoms. The quantitative estimate of drug-likeness (QED) is 0.851. The van der Waals surface area contributed by atoms with Crippen LogP contribution in [0.5, 0.6) is 0 Å². The molecule has 19 heavy (non-hydrogen) atoms. The molecule has 2 N–H and O–H groups in total. The van der Waals surface area contributed by atoms with Crippen molar-refractivity contribution in [1.82, 2.24) is 10.6 Å². The van der Waals surface area contributed by atoms with Crippen LogP contribution < -0.4 is 10.6 Å². The normalized spacial score (nSPS) is 24.2. The van der Waals surface area contributed by atoms with E-state index in [0.29, 0.717) is 17.8 Å². The molecule has 1 atom stereocenters. The molecule has 1 saturated heterocycles. The molecular weight excluding hydrogens is 236 g/mol. The highest BCUT2D eigenvalue weighted by atomic mass is 16.1. The van der Waals surface area contributed by atoms with Crippen LogP contribution in [0.4, 0.5) is 0 Å². The second-order valence-electron chi connectivity index (χ2n) is 5.90. The molecule has 0 radical (unpaired) electrons. The van der Waals surface area contributed by atoms with Crippen LogP contribution in [0.1, 0.15) is 42.7 Å². The molecule has 1 aliphatic carbocycles. The fourth-order valence-corrected chi connectivity index (χ4v) is 3.91. The monoisotopic (exact) mass is 258 g/mol. The predicted octanol–water partition coefficient (Wildman–Crippen LogP) is 1.93. The minimum Gasteiger partial charge on any atom is -0.359 e. The van der Waals surface area contributed by atoms with Crippen molar-refractivity contribution in [2.45, 2.75) is 37.0 Å². The van der Waals surface area contributed by atoms with E-state index < -0.39 is 0 Å². The highest BCUT2D eigenvalue weighted by Gasteiger charge is 2.44. The fourth-order valence-electron chi connectivity index (χ4n) is 3.91. The molecule has 1 aliphatic heterocycles. The largest absolute Gasteiger partial charge is 0.359 e. The molecular formula is C16H22N2O. The van der Waals surface area contributed by atoms with Crippen LogP contribution in [0.15, 0.2) is 24.3 Å². The number of amides is 1. The van der Waals surface area contributed by atoms with Crippen molar-refractivity contribution in [1.29, 1.82) is 0 Å². The van der Waals surface area contributed by atoms with E-state index in [1.807, 2.05) is 0 Å². The van der Waals surface area contributed by atoms with Gasteiger partial charge in [0.25, 0.3) is 0 Å². The molecule has 1 fully saturated rings. The molecule has 102 valence electrons. The van der Waals surface area contributed by atoms with Gasteiger partial charge in [0.2, 0.25) is 5.91 Å². The highest BCUT2D eigenvalue weighted by Crippen LogP contribution is 2.51. The maximum atomic E-state index is 11.7. The Labute approximate surface area is 114 Å². The summed E-state index contributed by atoms with van der Waals surface area (Å²) in [5.74, 6) is 0.556. The number of fused-ring (bicyclic) bond motifs is 2. The molecule has 1 spiro atoms. The Morgan fingerprint density at radius 1 is 1.37 bits per heavy atom. The van der Waals surface area contributed by atoms with E-state index in [1.54, 1.807) is 7.05 Å². The molecule has 3 heteroatoms. The fraction of sp³-hybridized carbons (Fsp3) is 0.562. The Hall–Kier alpha value is -1.35. The van der Waals surface area contributed by atoms with Gasteiger partial charge in [-0.25, -0.2) is 0 Å². The van der Waals surface area contributed by atoms with E-state index in [2.05, 4.69) is 34.9 Å². The lowest BCUT2D eigenvalue weighted by Gasteiger charge is -2.35. The number of hydrogen-bond acceptors (Lipinski definition) is 2. The van der Waals surface area contributed by atoms with E-state index in [0.717, 1.165) is 19.5 Å². The Morgan fingerprint density at radius 3 is 2.84 bits per heavy atom. The third kappa shape index (κ3) is 2.16. The summed E-state index contributed by atoms with van der Waals surface area (Å²) in [5.41, 5.74) is 3.24. The molecule has 3 nitrogen and oxygen atoms in total. The van der Waals surface area contributed by atoms with Gasteiger partial charge in [-0.3, -0.25) is 4.79 Å². The van der Waals surface area contributed by atoms with Crippen molar-refractivity contribution in [3.63, 3.8) is 0 Å². The van der Waals surface area contributed by atoms with Gasteiger partial charge >= 0.3 is 0 Å². The van der Waals surface area contributed by atoms with Crippen molar-refractivity contribution in [2.24, 2.45) is 0 Å². The van der Waals surface area contributed by atoms with Gasteiger partial charge < -0.3 is 10.6 Å². The first-order valence-electron chi connectivity index (χ1n) is 7.26. The van der Waals surface area contributed by atoms with Crippen LogP contribution in [0.2, 0.25) is 0 Å². The van der Waals surface area contributed by atoms with Crippen LogP contribution in [-0.4, -0.2) is 26.0 Å². The molecule has 1 aromatic rings. The summed E-state index contributed by atoms with van der Waals surface area (Å²) in [4.78, 5) is 11.7. The number of carbonyl (C=O) groups excluding carboxylic acids is 1. The first kappa shape index (κ1) is 12.7. The first-order valence-corrected chi connectivity index (χ1v) is 7.26. The van der Waals surface area contributed by atoms with Crippen LogP contribution in [0, 0.1) is 0 Å². The summed E-state index contributed by atoms with van der Waals surface area (Å²) in [5, 5.41) is 6.22. The average molecular weight is 258 g/mol. The van der Waals surface area contributed by atoms with E-state index in [1.165, 1.54) is 24.0 Å². The molecule has 1 heterocycles. The lowest BCUT2D eigenvalue weighted by atomic mass is 9.73. The molecule has 3 rings (SSSR count). The summed E-state index contributed by atoms with van der Waals surface area (Å²) in [6.07, 6.45) is 4.17. The summed E-state index contributed by atoms with van der Waals surface area (Å²) in [6.45, 7) is 2.20. The topological polar surface area (TPSA) is 41.1 Å². The van der Waals surface area contributed by atoms with Crippen LogP contribution in [-0.2, 0) is 10.2 Å². The Balaban J connectivity index is 1.92. The second-order valence-corrected chi connectivity index (χ2v) is 5.90. The molecule has 0 unspecified atom stereocenters. The van der Waals surface area contributed by atoms with Crippen molar-refractivity contribution in [2.75, 3.05) is 20.1 Å². The lowest BCUT2D eigenvalue weighted by molar-refractivity contribution is -0.121. The van der Waals surface area contributed by atoms with Crippen molar-refractivity contribution in [3.05, 3.63) is 35.4 Å². The van der Waals surface area contributed by atoms with E-state index in [4.69, 9.17) is 0 Å². The van der Waals surface area contributed by atoms with Gasteiger partial charge in [-0.05, 0) is 54.8 Å². The van der Waals surface area contributed by atoms with Gasteiger partial charge in [0.15, 0.2) is 0 Å². The maximum absolute atomic E-state index is 11.7. The SMILES string of the molecule is CNC(=O)C[C@H]1CC2(CCNCC2)c2ccccc21. The number of rotatable bonds is 2. The van der Waals surface area contributed by atoms with Crippen LogP contribution in [0.25, 0.3) is 0 Å². The zero-order valence-corrected chi connectivity index (χ0v) is 11.5. The predicted molar refractivity (Wildman–Crippen MR) is 76.3 cm³/mol. The molecule has 1 aromatic carbocycles. The Morgan fingerprint density at radius 2 is 2.11 bits per heavy atom. The number of benzene rings is 1. The van der Waals surface area contributed by atoms with E-state index in [-0.39, 0.29) is 5.91 Å². The molecule has 0 saturated carbocycles. The van der Waals surface area contributed by atoms with Gasteiger partial charge in [0, 0.05) is 13.5 Å². The molecule has 1 amide bonds. The van der Waals surface area contributed by atoms with Crippen molar-refractivity contribution >= 4 is 5.91 Å². The smallest absolute Gasteiger partial charge is 0.220 e. The van der Waals surface area contributed by atoms with Crippen LogP contribution >= 0.6 is 0 Å². The molecule has 2 aliphatic rings. The van der Waals surface area contributed by atoms with Crippen molar-refractivity contribution in [3.8, 4) is 0 Å². The molecule has 0 aromatic heterocycles. The number of hydrogen-bond donors (Lipinski definition) is 2. The third-order valence-electron chi connectivity index (χ3n) is 4.88. The van der Waals surface area contributed by atoms with Crippen molar-refractivity contribution < 1.29 is 4.79 Å². The zero-order chi connectivity index (χ0) is 13.3. The van der Waals surface area contributed by atoms with Gasteiger partial charge in [-0.2, -0.15) is 0 Å². The third-order valence-corrected chi connectivity index (χ3v) is 4.88. The second kappa shape index (κ2) is 4.97. The Bertz CT molecular complexity index is 477. The van der Waals surface area contributed by atoms with E-state index in [9.17, 15) is 4.79 Å². The summed E-state index contributed by atoms with van der Waals surface area (Å²) < 4.78 is 0.